The van der Waals surface area contributed by atoms with Gasteiger partial charge in [0.05, 0.1) is 7.11 Å². The second-order valence-electron chi connectivity index (χ2n) is 6.50. The lowest BCUT2D eigenvalue weighted by atomic mass is 10.0. The zero-order valence-corrected chi connectivity index (χ0v) is 12.9. The van der Waals surface area contributed by atoms with Crippen molar-refractivity contribution in [2.24, 2.45) is 11.7 Å². The van der Waals surface area contributed by atoms with Gasteiger partial charge in [-0.15, -0.1) is 0 Å². The van der Waals surface area contributed by atoms with Gasteiger partial charge in [0.2, 0.25) is 0 Å². The van der Waals surface area contributed by atoms with E-state index in [9.17, 15) is 4.79 Å². The molecule has 4 heteroatoms. The highest BCUT2D eigenvalue weighted by atomic mass is 16.5. The number of rotatable bonds is 7. The van der Waals surface area contributed by atoms with E-state index >= 15 is 0 Å². The van der Waals surface area contributed by atoms with Crippen LogP contribution < -0.4 is 5.73 Å². The molecule has 1 atom stereocenters. The molecule has 112 valence electrons. The number of methoxy groups -OCH3 is 1. The molecule has 1 saturated carbocycles. The fraction of sp³-hybridized carbons (Fsp3) is 0.933. The van der Waals surface area contributed by atoms with Crippen LogP contribution in [0.5, 0.6) is 0 Å². The van der Waals surface area contributed by atoms with Crippen LogP contribution in [0.3, 0.4) is 0 Å². The summed E-state index contributed by atoms with van der Waals surface area (Å²) in [5.41, 5.74) is 5.22. The predicted octanol–water partition coefficient (Wildman–Crippen LogP) is 2.17. The third-order valence-electron chi connectivity index (χ3n) is 4.02. The summed E-state index contributed by atoms with van der Waals surface area (Å²) in [5, 5.41) is 0. The topological polar surface area (TPSA) is 55.6 Å². The summed E-state index contributed by atoms with van der Waals surface area (Å²) in [6.07, 6.45) is 6.20. The molecule has 1 unspecified atom stereocenters. The van der Waals surface area contributed by atoms with Gasteiger partial charge in [0, 0.05) is 12.6 Å². The molecule has 0 aromatic rings. The highest BCUT2D eigenvalue weighted by Crippen LogP contribution is 2.25. The maximum absolute atomic E-state index is 11.7. The van der Waals surface area contributed by atoms with Crippen molar-refractivity contribution in [1.82, 2.24) is 4.90 Å². The molecule has 0 aromatic carbocycles. The lowest BCUT2D eigenvalue weighted by Gasteiger charge is -2.35. The average Bonchev–Trinajstić information content (AvgIpc) is 2.86. The Bertz CT molecular complexity index is 284. The minimum absolute atomic E-state index is 0.319. The first-order valence-corrected chi connectivity index (χ1v) is 7.48. The van der Waals surface area contributed by atoms with Crippen LogP contribution in [0.25, 0.3) is 0 Å². The molecular weight excluding hydrogens is 240 g/mol. The minimum atomic E-state index is -0.908. The van der Waals surface area contributed by atoms with Gasteiger partial charge >= 0.3 is 5.97 Å². The van der Waals surface area contributed by atoms with Crippen LogP contribution in [0.1, 0.15) is 52.9 Å². The van der Waals surface area contributed by atoms with Crippen molar-refractivity contribution in [2.75, 3.05) is 20.2 Å². The minimum Gasteiger partial charge on any atom is -0.468 e. The first-order valence-electron chi connectivity index (χ1n) is 7.48. The number of nitrogens with two attached hydrogens (primary N) is 1. The van der Waals surface area contributed by atoms with Crippen LogP contribution >= 0.6 is 0 Å². The molecular formula is C15H30N2O2. The first-order chi connectivity index (χ1) is 8.86. The SMILES string of the molecule is COC(=O)C(C)(N)CN(CCC(C)C)C1CCCC1. The molecule has 1 fully saturated rings. The Morgan fingerprint density at radius 2 is 2.00 bits per heavy atom. The third-order valence-corrected chi connectivity index (χ3v) is 4.02. The van der Waals surface area contributed by atoms with Crippen molar-refractivity contribution < 1.29 is 9.53 Å². The Labute approximate surface area is 117 Å². The zero-order valence-electron chi connectivity index (χ0n) is 12.9. The van der Waals surface area contributed by atoms with Gasteiger partial charge < -0.3 is 10.5 Å². The smallest absolute Gasteiger partial charge is 0.326 e. The van der Waals surface area contributed by atoms with E-state index < -0.39 is 5.54 Å². The number of nitrogens with zero attached hydrogens (tertiary/aromatic N) is 1. The molecule has 1 aliphatic rings. The monoisotopic (exact) mass is 270 g/mol. The van der Waals surface area contributed by atoms with E-state index in [4.69, 9.17) is 10.5 Å². The van der Waals surface area contributed by atoms with Crippen LogP contribution in [0.15, 0.2) is 0 Å². The molecule has 0 aromatic heterocycles. The van der Waals surface area contributed by atoms with Gasteiger partial charge in [-0.05, 0) is 38.6 Å². The molecule has 0 spiro atoms. The van der Waals surface area contributed by atoms with Crippen LogP contribution in [0.4, 0.5) is 0 Å². The second-order valence-corrected chi connectivity index (χ2v) is 6.50. The Kier molecular flexibility index (Phi) is 6.27. The van der Waals surface area contributed by atoms with Crippen LogP contribution in [-0.2, 0) is 9.53 Å². The molecule has 4 nitrogen and oxygen atoms in total. The molecule has 0 heterocycles. The fourth-order valence-corrected chi connectivity index (χ4v) is 2.80. The van der Waals surface area contributed by atoms with Crippen LogP contribution in [0.2, 0.25) is 0 Å². The van der Waals surface area contributed by atoms with E-state index in [0.29, 0.717) is 18.5 Å². The Morgan fingerprint density at radius 1 is 1.42 bits per heavy atom. The Balaban J connectivity index is 2.64. The molecule has 0 aliphatic heterocycles. The van der Waals surface area contributed by atoms with E-state index in [1.54, 1.807) is 6.92 Å². The number of hydrogen-bond donors (Lipinski definition) is 1. The molecule has 0 radical (unpaired) electrons. The number of hydrogen-bond acceptors (Lipinski definition) is 4. The molecule has 0 saturated heterocycles. The van der Waals surface area contributed by atoms with Crippen molar-refractivity contribution in [3.63, 3.8) is 0 Å². The molecule has 0 bridgehead atoms. The quantitative estimate of drug-likeness (QED) is 0.720. The lowest BCUT2D eigenvalue weighted by molar-refractivity contribution is -0.147. The van der Waals surface area contributed by atoms with Crippen molar-refractivity contribution in [3.05, 3.63) is 0 Å². The van der Waals surface area contributed by atoms with E-state index in [1.165, 1.54) is 32.8 Å². The number of carbonyl (C=O) groups excluding carboxylic acids is 1. The maximum atomic E-state index is 11.7. The largest absolute Gasteiger partial charge is 0.468 e. The van der Waals surface area contributed by atoms with Gasteiger partial charge in [0.25, 0.3) is 0 Å². The van der Waals surface area contributed by atoms with Gasteiger partial charge in [0.15, 0.2) is 0 Å². The molecule has 0 amide bonds. The van der Waals surface area contributed by atoms with Crippen LogP contribution in [0, 0.1) is 5.92 Å². The summed E-state index contributed by atoms with van der Waals surface area (Å²) < 4.78 is 4.81. The Hall–Kier alpha value is -0.610. The summed E-state index contributed by atoms with van der Waals surface area (Å²) >= 11 is 0. The predicted molar refractivity (Wildman–Crippen MR) is 77.9 cm³/mol. The van der Waals surface area contributed by atoms with Gasteiger partial charge in [0.1, 0.15) is 5.54 Å². The summed E-state index contributed by atoms with van der Waals surface area (Å²) in [4.78, 5) is 14.2. The summed E-state index contributed by atoms with van der Waals surface area (Å²) in [6, 6.07) is 0.589. The molecule has 2 N–H and O–H groups in total. The summed E-state index contributed by atoms with van der Waals surface area (Å²) in [6.45, 7) is 7.85. The van der Waals surface area contributed by atoms with Gasteiger partial charge in [-0.2, -0.15) is 0 Å². The van der Waals surface area contributed by atoms with Gasteiger partial charge in [-0.3, -0.25) is 9.69 Å². The lowest BCUT2D eigenvalue weighted by Crippen LogP contribution is -2.56. The molecule has 1 aliphatic carbocycles. The zero-order chi connectivity index (χ0) is 14.5. The highest BCUT2D eigenvalue weighted by Gasteiger charge is 2.34. The fourth-order valence-electron chi connectivity index (χ4n) is 2.80. The number of carbonyl (C=O) groups is 1. The van der Waals surface area contributed by atoms with Crippen molar-refractivity contribution in [2.45, 2.75) is 64.5 Å². The summed E-state index contributed by atoms with van der Waals surface area (Å²) in [5.74, 6) is 0.353. The van der Waals surface area contributed by atoms with Crippen LogP contribution in [-0.4, -0.2) is 42.6 Å². The Morgan fingerprint density at radius 3 is 2.47 bits per heavy atom. The van der Waals surface area contributed by atoms with Crippen molar-refractivity contribution >= 4 is 5.97 Å². The second kappa shape index (κ2) is 7.25. The maximum Gasteiger partial charge on any atom is 0.326 e. The molecule has 19 heavy (non-hydrogen) atoms. The van der Waals surface area contributed by atoms with Gasteiger partial charge in [-0.25, -0.2) is 0 Å². The van der Waals surface area contributed by atoms with E-state index in [2.05, 4.69) is 18.7 Å². The number of esters is 1. The number of ether oxygens (including phenoxy) is 1. The standard InChI is InChI=1S/C15H30N2O2/c1-12(2)9-10-17(13-7-5-6-8-13)11-15(3,16)14(18)19-4/h12-13H,5-11,16H2,1-4H3. The highest BCUT2D eigenvalue weighted by molar-refractivity contribution is 5.80. The molecule has 1 rings (SSSR count). The van der Waals surface area contributed by atoms with Gasteiger partial charge in [-0.1, -0.05) is 26.7 Å². The van der Waals surface area contributed by atoms with E-state index in [-0.39, 0.29) is 5.97 Å². The average molecular weight is 270 g/mol. The third kappa shape index (κ3) is 5.11. The van der Waals surface area contributed by atoms with E-state index in [0.717, 1.165) is 13.0 Å². The normalized spacial score (nSPS) is 19.9. The van der Waals surface area contributed by atoms with Crippen molar-refractivity contribution in [1.29, 1.82) is 0 Å². The first kappa shape index (κ1) is 16.4. The summed E-state index contributed by atoms with van der Waals surface area (Å²) in [7, 11) is 1.40. The van der Waals surface area contributed by atoms with Crippen molar-refractivity contribution in [3.8, 4) is 0 Å². The van der Waals surface area contributed by atoms with E-state index in [1.807, 2.05) is 0 Å².